The van der Waals surface area contributed by atoms with Gasteiger partial charge in [-0.2, -0.15) is 0 Å². The van der Waals surface area contributed by atoms with Crippen LogP contribution in [0.1, 0.15) is 380 Å². The molecule has 0 saturated heterocycles. The van der Waals surface area contributed by atoms with E-state index in [9.17, 15) is 19.8 Å². The number of carbonyl (C=O) groups is 2. The predicted octanol–water partition coefficient (Wildman–Crippen LogP) is 20.6. The second kappa shape index (κ2) is 61.4. The fraction of sp³-hybridized carbons (Fsp3) is 0.969. The van der Waals surface area contributed by atoms with Gasteiger partial charge >= 0.3 is 5.97 Å². The normalized spacial score (nSPS) is 12.5. The van der Waals surface area contributed by atoms with Gasteiger partial charge in [0.2, 0.25) is 5.91 Å². The largest absolute Gasteiger partial charge is 0.466 e. The minimum Gasteiger partial charge on any atom is -0.466 e. The molecule has 6 heteroatoms. The van der Waals surface area contributed by atoms with Crippen LogP contribution >= 0.6 is 0 Å². The first-order chi connectivity index (χ1) is 35.0. The Bertz CT molecular complexity index is 1020. The van der Waals surface area contributed by atoms with Crippen LogP contribution in [0.25, 0.3) is 0 Å². The summed E-state index contributed by atoms with van der Waals surface area (Å²) in [5, 5.41) is 23.4. The van der Waals surface area contributed by atoms with Crippen molar-refractivity contribution < 1.29 is 24.5 Å². The Morgan fingerprint density at radius 2 is 0.577 bits per heavy atom. The Balaban J connectivity index is 3.40. The smallest absolute Gasteiger partial charge is 0.305 e. The zero-order chi connectivity index (χ0) is 51.4. The Morgan fingerprint density at radius 1 is 0.338 bits per heavy atom. The number of ether oxygens (including phenoxy) is 1. The molecule has 0 saturated carbocycles. The summed E-state index contributed by atoms with van der Waals surface area (Å²) < 4.78 is 5.49. The lowest BCUT2D eigenvalue weighted by molar-refractivity contribution is -0.143. The average molecular weight is 1000 g/mol. The summed E-state index contributed by atoms with van der Waals surface area (Å²) in [7, 11) is 0. The molecule has 0 aliphatic rings. The number of amides is 1. The number of hydrogen-bond acceptors (Lipinski definition) is 5. The lowest BCUT2D eigenvalue weighted by Gasteiger charge is -2.22. The molecule has 0 fully saturated rings. The number of aliphatic hydroxyl groups excluding tert-OH is 2. The molecule has 0 aromatic rings. The average Bonchev–Trinajstić information content (AvgIpc) is 3.37. The van der Waals surface area contributed by atoms with Gasteiger partial charge in [-0.1, -0.05) is 341 Å². The van der Waals surface area contributed by atoms with Gasteiger partial charge in [0.05, 0.1) is 25.4 Å². The van der Waals surface area contributed by atoms with Crippen molar-refractivity contribution in [3.63, 3.8) is 0 Å². The summed E-state index contributed by atoms with van der Waals surface area (Å²) in [6, 6.07) is -0.546. The molecular formula is C65H129NO5. The highest BCUT2D eigenvalue weighted by atomic mass is 16.5. The fourth-order valence-electron chi connectivity index (χ4n) is 10.6. The molecule has 6 nitrogen and oxygen atoms in total. The second-order valence-electron chi connectivity index (χ2n) is 22.8. The number of aliphatic hydroxyl groups is 2. The number of hydrogen-bond donors (Lipinski definition) is 3. The lowest BCUT2D eigenvalue weighted by Crippen LogP contribution is -2.45. The van der Waals surface area contributed by atoms with Crippen molar-refractivity contribution in [3.8, 4) is 0 Å². The number of esters is 1. The SMILES string of the molecule is CCCCCCCCCCCCCCCCCCCCCCCCC(O)C(CO)NC(=O)CCCCCCCCCCCCCCCCCCOC(=O)CCCCCCCCCCCCCCCCCC. The van der Waals surface area contributed by atoms with Crippen molar-refractivity contribution in [2.24, 2.45) is 0 Å². The van der Waals surface area contributed by atoms with E-state index in [1.165, 1.54) is 308 Å². The first kappa shape index (κ1) is 69.9. The molecule has 0 aliphatic heterocycles. The van der Waals surface area contributed by atoms with E-state index in [1.54, 1.807) is 0 Å². The van der Waals surface area contributed by atoms with Crippen molar-refractivity contribution in [1.82, 2.24) is 5.32 Å². The molecule has 0 rings (SSSR count). The third kappa shape index (κ3) is 58.0. The van der Waals surface area contributed by atoms with Gasteiger partial charge in [0.25, 0.3) is 0 Å². The summed E-state index contributed by atoms with van der Waals surface area (Å²) in [4.78, 5) is 24.6. The molecule has 2 atom stereocenters. The van der Waals surface area contributed by atoms with E-state index in [1.807, 2.05) is 0 Å². The highest BCUT2D eigenvalue weighted by Gasteiger charge is 2.20. The number of nitrogens with one attached hydrogen (secondary N) is 1. The van der Waals surface area contributed by atoms with Crippen LogP contribution in [0.15, 0.2) is 0 Å². The summed E-state index contributed by atoms with van der Waals surface area (Å²) in [5.74, 6) is -0.0281. The van der Waals surface area contributed by atoms with Gasteiger partial charge in [0.15, 0.2) is 0 Å². The molecule has 0 radical (unpaired) electrons. The van der Waals surface area contributed by atoms with Crippen LogP contribution in [0.4, 0.5) is 0 Å². The quantitative estimate of drug-likeness (QED) is 0.0417. The van der Waals surface area contributed by atoms with E-state index in [4.69, 9.17) is 4.74 Å². The Hall–Kier alpha value is -1.14. The molecular weight excluding hydrogens is 875 g/mol. The highest BCUT2D eigenvalue weighted by Crippen LogP contribution is 2.19. The summed E-state index contributed by atoms with van der Waals surface area (Å²) in [6.07, 6.45) is 72.6. The second-order valence-corrected chi connectivity index (χ2v) is 22.8. The van der Waals surface area contributed by atoms with Crippen molar-refractivity contribution in [2.75, 3.05) is 13.2 Å². The van der Waals surface area contributed by atoms with Gasteiger partial charge in [-0.15, -0.1) is 0 Å². The van der Waals surface area contributed by atoms with E-state index in [0.717, 1.165) is 38.5 Å². The van der Waals surface area contributed by atoms with Crippen molar-refractivity contribution in [1.29, 1.82) is 0 Å². The third-order valence-electron chi connectivity index (χ3n) is 15.7. The zero-order valence-corrected chi connectivity index (χ0v) is 48.5. The van der Waals surface area contributed by atoms with Crippen LogP contribution in [0.2, 0.25) is 0 Å². The summed E-state index contributed by atoms with van der Waals surface area (Å²) in [5.41, 5.74) is 0. The number of unbranched alkanes of at least 4 members (excludes halogenated alkanes) is 51. The summed E-state index contributed by atoms with van der Waals surface area (Å²) in [6.45, 7) is 4.99. The molecule has 71 heavy (non-hydrogen) atoms. The van der Waals surface area contributed by atoms with Gasteiger partial charge in [0, 0.05) is 12.8 Å². The summed E-state index contributed by atoms with van der Waals surface area (Å²) >= 11 is 0. The number of rotatable bonds is 62. The van der Waals surface area contributed by atoms with Gasteiger partial charge in [0.1, 0.15) is 0 Å². The molecule has 3 N–H and O–H groups in total. The maximum Gasteiger partial charge on any atom is 0.305 e. The third-order valence-corrected chi connectivity index (χ3v) is 15.7. The van der Waals surface area contributed by atoms with Crippen LogP contribution < -0.4 is 5.32 Å². The van der Waals surface area contributed by atoms with Gasteiger partial charge in [-0.05, 0) is 25.7 Å². The lowest BCUT2D eigenvalue weighted by atomic mass is 10.0. The molecule has 0 heterocycles. The Morgan fingerprint density at radius 3 is 0.859 bits per heavy atom. The molecule has 0 aromatic heterocycles. The standard InChI is InChI=1S/C65H129NO5/c1-3-5-7-9-11-13-15-17-19-21-22-23-24-25-26-29-33-37-41-45-49-53-57-63(68)62(61-67)66-64(69)58-54-50-46-42-38-34-30-27-28-32-36-40-44-48-52-56-60-71-65(70)59-55-51-47-43-39-35-31-20-18-16-14-12-10-8-6-4-2/h62-63,67-68H,3-61H2,1-2H3,(H,66,69). The first-order valence-electron chi connectivity index (χ1n) is 32.8. The predicted molar refractivity (Wildman–Crippen MR) is 310 cm³/mol. The van der Waals surface area contributed by atoms with E-state index < -0.39 is 12.1 Å². The first-order valence-corrected chi connectivity index (χ1v) is 32.8. The van der Waals surface area contributed by atoms with Crippen LogP contribution in [0.5, 0.6) is 0 Å². The van der Waals surface area contributed by atoms with Crippen LogP contribution in [0, 0.1) is 0 Å². The van der Waals surface area contributed by atoms with Crippen molar-refractivity contribution in [2.45, 2.75) is 392 Å². The monoisotopic (exact) mass is 1000 g/mol. The van der Waals surface area contributed by atoms with Gasteiger partial charge in [-0.3, -0.25) is 9.59 Å². The molecule has 1 amide bonds. The minimum absolute atomic E-state index is 0.00829. The molecule has 2 unspecified atom stereocenters. The molecule has 0 bridgehead atoms. The molecule has 0 spiro atoms. The molecule has 0 aliphatic carbocycles. The van der Waals surface area contributed by atoms with Crippen molar-refractivity contribution >= 4 is 11.9 Å². The minimum atomic E-state index is -0.669. The Labute approximate surface area is 445 Å². The van der Waals surface area contributed by atoms with Crippen LogP contribution in [0.3, 0.4) is 0 Å². The Kier molecular flexibility index (Phi) is 60.4. The zero-order valence-electron chi connectivity index (χ0n) is 48.5. The maximum absolute atomic E-state index is 12.5. The van der Waals surface area contributed by atoms with E-state index >= 15 is 0 Å². The highest BCUT2D eigenvalue weighted by molar-refractivity contribution is 5.76. The van der Waals surface area contributed by atoms with E-state index in [-0.39, 0.29) is 18.5 Å². The van der Waals surface area contributed by atoms with Crippen molar-refractivity contribution in [3.05, 3.63) is 0 Å². The number of carbonyl (C=O) groups excluding carboxylic acids is 2. The molecule has 424 valence electrons. The van der Waals surface area contributed by atoms with Crippen LogP contribution in [-0.4, -0.2) is 47.4 Å². The molecule has 0 aromatic carbocycles. The van der Waals surface area contributed by atoms with Crippen LogP contribution in [-0.2, 0) is 14.3 Å². The fourth-order valence-corrected chi connectivity index (χ4v) is 10.6. The van der Waals surface area contributed by atoms with Gasteiger partial charge in [-0.25, -0.2) is 0 Å². The topological polar surface area (TPSA) is 95.9 Å². The van der Waals surface area contributed by atoms with Gasteiger partial charge < -0.3 is 20.3 Å². The van der Waals surface area contributed by atoms with E-state index in [2.05, 4.69) is 19.2 Å². The van der Waals surface area contributed by atoms with E-state index in [0.29, 0.717) is 25.9 Å². The maximum atomic E-state index is 12.5.